The molecule has 2 aliphatic rings. The fraction of sp³-hybridized carbons (Fsp3) is 0.267. The van der Waals surface area contributed by atoms with Crippen LogP contribution in [0.25, 0.3) is 0 Å². The molecule has 0 saturated heterocycles. The molecule has 2 rings (SSSR count). The van der Waals surface area contributed by atoms with Gasteiger partial charge in [-0.1, -0.05) is 12.1 Å². The number of rotatable bonds is 5. The summed E-state index contributed by atoms with van der Waals surface area (Å²) in [5.74, 6) is -0.729. The summed E-state index contributed by atoms with van der Waals surface area (Å²) in [6.45, 7) is 1.72. The van der Waals surface area contributed by atoms with Crippen LogP contribution in [0.5, 0.6) is 0 Å². The van der Waals surface area contributed by atoms with Gasteiger partial charge in [0.15, 0.2) is 0 Å². The maximum atomic E-state index is 12.0. The summed E-state index contributed by atoms with van der Waals surface area (Å²) in [4.78, 5) is 16.9. The quantitative estimate of drug-likeness (QED) is 0.362. The van der Waals surface area contributed by atoms with Gasteiger partial charge in [-0.3, -0.25) is 4.94 Å². The predicted octanol–water partition coefficient (Wildman–Crippen LogP) is 2.24. The Morgan fingerprint density at radius 1 is 1.64 bits per heavy atom. The molecular weight excluding hydrogens is 286 g/mol. The number of nitrogens with zero attached hydrogens (tertiary/aromatic N) is 3. The van der Waals surface area contributed by atoms with Gasteiger partial charge < -0.3 is 9.84 Å². The fourth-order valence-corrected chi connectivity index (χ4v) is 1.79. The summed E-state index contributed by atoms with van der Waals surface area (Å²) >= 11 is 0. The van der Waals surface area contributed by atoms with E-state index >= 15 is 0 Å². The number of oxime groups is 1. The van der Waals surface area contributed by atoms with Crippen LogP contribution < -0.4 is 0 Å². The molecule has 2 aliphatic heterocycles. The Labute approximate surface area is 127 Å². The highest BCUT2D eigenvalue weighted by atomic mass is 16.8. The number of ether oxygens (including phenoxy) is 1. The Hall–Kier alpha value is -3.01. The second kappa shape index (κ2) is 7.13. The van der Waals surface area contributed by atoms with E-state index in [1.165, 1.54) is 17.4 Å². The van der Waals surface area contributed by atoms with Crippen molar-refractivity contribution in [3.05, 3.63) is 47.0 Å². The topological polar surface area (TPSA) is 95.2 Å². The first-order valence-electron chi connectivity index (χ1n) is 6.73. The molecule has 7 heteroatoms. The number of allylic oxidation sites excluding steroid dienone is 5. The first kappa shape index (κ1) is 15.4. The Bertz CT molecular complexity index is 650. The van der Waals surface area contributed by atoms with E-state index in [1.807, 2.05) is 6.07 Å². The summed E-state index contributed by atoms with van der Waals surface area (Å²) in [7, 11) is 0. The minimum absolute atomic E-state index is 0.00972. The summed E-state index contributed by atoms with van der Waals surface area (Å²) in [6, 6.07) is 1.89. The number of hydroxylamine groups is 2. The van der Waals surface area contributed by atoms with Gasteiger partial charge in [0.25, 0.3) is 0 Å². The Morgan fingerprint density at radius 3 is 3.18 bits per heavy atom. The first-order chi connectivity index (χ1) is 10.7. The van der Waals surface area contributed by atoms with E-state index in [-0.39, 0.29) is 24.4 Å². The molecule has 0 bridgehead atoms. The zero-order valence-electron chi connectivity index (χ0n) is 12.0. The van der Waals surface area contributed by atoms with E-state index in [9.17, 15) is 9.90 Å². The molecule has 0 aromatic rings. The molecule has 0 aromatic heterocycles. The van der Waals surface area contributed by atoms with Gasteiger partial charge in [0.2, 0.25) is 0 Å². The lowest BCUT2D eigenvalue weighted by atomic mass is 10.1. The second-order valence-electron chi connectivity index (χ2n) is 4.43. The molecule has 0 aromatic carbocycles. The molecule has 0 radical (unpaired) electrons. The number of fused-ring (bicyclic) bond motifs is 1. The van der Waals surface area contributed by atoms with E-state index in [4.69, 9.17) is 14.9 Å². The smallest absolute Gasteiger partial charge is 0.341 e. The normalized spacial score (nSPS) is 18.3. The van der Waals surface area contributed by atoms with Crippen LogP contribution in [-0.2, 0) is 14.5 Å². The zero-order valence-corrected chi connectivity index (χ0v) is 12.0. The molecule has 0 fully saturated rings. The van der Waals surface area contributed by atoms with Crippen molar-refractivity contribution >= 4 is 12.2 Å². The Kier molecular flexibility index (Phi) is 4.98. The van der Waals surface area contributed by atoms with Gasteiger partial charge in [0.05, 0.1) is 24.3 Å². The number of hydrogen-bond donors (Lipinski definition) is 1. The lowest BCUT2D eigenvalue weighted by Crippen LogP contribution is -2.13. The van der Waals surface area contributed by atoms with Gasteiger partial charge in [-0.2, -0.15) is 10.3 Å². The lowest BCUT2D eigenvalue weighted by molar-refractivity contribution is -0.138. The van der Waals surface area contributed by atoms with Crippen LogP contribution in [-0.4, -0.2) is 29.0 Å². The van der Waals surface area contributed by atoms with Crippen LogP contribution in [0.3, 0.4) is 0 Å². The third kappa shape index (κ3) is 3.55. The molecule has 0 unspecified atom stereocenters. The van der Waals surface area contributed by atoms with Gasteiger partial charge in [-0.15, -0.1) is 0 Å². The summed E-state index contributed by atoms with van der Waals surface area (Å²) in [5.41, 5.74) is 1.47. The summed E-state index contributed by atoms with van der Waals surface area (Å²) < 4.78 is 4.97. The zero-order chi connectivity index (χ0) is 15.9. The van der Waals surface area contributed by atoms with E-state index < -0.39 is 5.97 Å². The van der Waals surface area contributed by atoms with Gasteiger partial charge in [0.1, 0.15) is 18.1 Å². The minimum atomic E-state index is -0.660. The van der Waals surface area contributed by atoms with Crippen molar-refractivity contribution < 1.29 is 19.6 Å². The molecule has 0 amide bonds. The van der Waals surface area contributed by atoms with Crippen LogP contribution in [0, 0.1) is 11.3 Å². The third-order valence-corrected chi connectivity index (χ3v) is 2.92. The van der Waals surface area contributed by atoms with Crippen LogP contribution in [0.4, 0.5) is 0 Å². The van der Waals surface area contributed by atoms with Crippen LogP contribution >= 0.6 is 0 Å². The molecule has 22 heavy (non-hydrogen) atoms. The minimum Gasteiger partial charge on any atom is -0.511 e. The number of esters is 1. The fourth-order valence-electron chi connectivity index (χ4n) is 1.79. The van der Waals surface area contributed by atoms with Crippen molar-refractivity contribution in [2.45, 2.75) is 19.8 Å². The van der Waals surface area contributed by atoms with Gasteiger partial charge in [-0.25, -0.2) is 4.79 Å². The molecule has 0 aliphatic carbocycles. The molecular formula is C15H15N3O4. The third-order valence-electron chi connectivity index (χ3n) is 2.92. The van der Waals surface area contributed by atoms with Crippen LogP contribution in [0.1, 0.15) is 19.8 Å². The van der Waals surface area contributed by atoms with E-state index in [0.29, 0.717) is 17.7 Å². The predicted molar refractivity (Wildman–Crippen MR) is 77.9 cm³/mol. The maximum Gasteiger partial charge on any atom is 0.341 e. The number of aliphatic hydroxyl groups is 1. The lowest BCUT2D eigenvalue weighted by Gasteiger charge is -2.15. The van der Waals surface area contributed by atoms with E-state index in [2.05, 4.69) is 5.16 Å². The maximum absolute atomic E-state index is 12.0. The van der Waals surface area contributed by atoms with Crippen molar-refractivity contribution in [1.29, 1.82) is 5.26 Å². The monoisotopic (exact) mass is 301 g/mol. The average molecular weight is 301 g/mol. The van der Waals surface area contributed by atoms with Crippen molar-refractivity contribution in [1.82, 2.24) is 5.06 Å². The van der Waals surface area contributed by atoms with Crippen molar-refractivity contribution in [2.24, 2.45) is 5.16 Å². The number of carbonyl (C=O) groups is 1. The summed E-state index contributed by atoms with van der Waals surface area (Å²) in [6.07, 6.45) is 8.58. The summed E-state index contributed by atoms with van der Waals surface area (Å²) in [5, 5.41) is 23.5. The van der Waals surface area contributed by atoms with Crippen molar-refractivity contribution in [3.63, 3.8) is 0 Å². The molecule has 7 nitrogen and oxygen atoms in total. The van der Waals surface area contributed by atoms with Gasteiger partial charge >= 0.3 is 5.97 Å². The Balaban J connectivity index is 2.21. The number of aliphatic hydroxyl groups excluding tert-OH is 1. The highest BCUT2D eigenvalue weighted by Gasteiger charge is 2.19. The van der Waals surface area contributed by atoms with Crippen LogP contribution in [0.2, 0.25) is 0 Å². The molecule has 0 atom stereocenters. The average Bonchev–Trinajstić information content (AvgIpc) is 2.99. The molecule has 0 saturated carbocycles. The highest BCUT2D eigenvalue weighted by molar-refractivity contribution is 5.92. The Morgan fingerprint density at radius 2 is 2.45 bits per heavy atom. The SMILES string of the molecule is CCC(O)=C(C=C1C=CN2ON=CC2=C1)C(=O)OCCC#N. The molecule has 0 spiro atoms. The second-order valence-corrected chi connectivity index (χ2v) is 4.43. The van der Waals surface area contributed by atoms with Gasteiger partial charge in [-0.05, 0) is 23.8 Å². The largest absolute Gasteiger partial charge is 0.511 e. The molecule has 114 valence electrons. The molecule has 1 N–H and O–H groups in total. The van der Waals surface area contributed by atoms with Crippen molar-refractivity contribution in [2.75, 3.05) is 6.61 Å². The van der Waals surface area contributed by atoms with E-state index in [0.717, 1.165) is 0 Å². The van der Waals surface area contributed by atoms with E-state index in [1.54, 1.807) is 25.3 Å². The number of carbonyl (C=O) groups excluding carboxylic acids is 1. The number of hydrogen-bond acceptors (Lipinski definition) is 7. The molecule has 2 heterocycles. The first-order valence-corrected chi connectivity index (χ1v) is 6.73. The van der Waals surface area contributed by atoms with Crippen molar-refractivity contribution in [3.8, 4) is 6.07 Å². The van der Waals surface area contributed by atoms with Gasteiger partial charge in [0, 0.05) is 12.6 Å². The van der Waals surface area contributed by atoms with Crippen LogP contribution in [0.15, 0.2) is 52.2 Å². The number of nitriles is 1. The highest BCUT2D eigenvalue weighted by Crippen LogP contribution is 2.22. The standard InChI is InChI=1S/C15H15N3O4/c1-2-14(19)13(15(20)21-7-3-5-16)9-11-4-6-18-12(8-11)10-17-22-18/h4,6,8-10,19H,2-3,7H2,1H3.